The van der Waals surface area contributed by atoms with Gasteiger partial charge >= 0.3 is 0 Å². The summed E-state index contributed by atoms with van der Waals surface area (Å²) in [6.07, 6.45) is 1.14. The molecule has 0 unspecified atom stereocenters. The fraction of sp³-hybridized carbons (Fsp3) is 1.00. The Bertz CT molecular complexity index is 36.8. The zero-order valence-electron chi connectivity index (χ0n) is 9.02. The Morgan fingerprint density at radius 1 is 1.00 bits per heavy atom. The lowest BCUT2D eigenvalue weighted by Gasteiger charge is -2.05. The third kappa shape index (κ3) is 40.5. The summed E-state index contributed by atoms with van der Waals surface area (Å²) >= 11 is 0. The summed E-state index contributed by atoms with van der Waals surface area (Å²) in [5.41, 5.74) is 9.99. The number of rotatable bonds is 2. The van der Waals surface area contributed by atoms with Crippen molar-refractivity contribution in [3.63, 3.8) is 0 Å². The molecule has 0 radical (unpaired) electrons. The van der Waals surface area contributed by atoms with Gasteiger partial charge < -0.3 is 11.5 Å². The summed E-state index contributed by atoms with van der Waals surface area (Å²) in [6.45, 7) is 10.4. The Morgan fingerprint density at radius 3 is 1.27 bits per heavy atom. The van der Waals surface area contributed by atoms with Gasteiger partial charge in [0.05, 0.1) is 0 Å². The van der Waals surface area contributed by atoms with E-state index >= 15 is 0 Å². The average Bonchev–Trinajstić information content (AvgIpc) is 1.93. The molecule has 11 heavy (non-hydrogen) atoms. The van der Waals surface area contributed by atoms with Crippen molar-refractivity contribution in [2.75, 3.05) is 7.05 Å². The van der Waals surface area contributed by atoms with Crippen LogP contribution < -0.4 is 11.5 Å². The lowest BCUT2D eigenvalue weighted by atomic mass is 10.1. The fourth-order valence-electron chi connectivity index (χ4n) is 0.744. The van der Waals surface area contributed by atoms with Gasteiger partial charge in [0, 0.05) is 6.04 Å². The molecule has 0 fully saturated rings. The Hall–Kier alpha value is -0.0800. The smallest absolute Gasteiger partial charge is 0.00129 e. The van der Waals surface area contributed by atoms with Crippen molar-refractivity contribution in [3.8, 4) is 0 Å². The van der Waals surface area contributed by atoms with Crippen LogP contribution in [0.1, 0.15) is 41.0 Å². The van der Waals surface area contributed by atoms with Crippen LogP contribution in [0.4, 0.5) is 0 Å². The normalized spacial score (nSPS) is 10.6. The summed E-state index contributed by atoms with van der Waals surface area (Å²) in [6, 6.07) is 0.375. The molecule has 0 amide bonds. The number of nitrogens with two attached hydrogens (primary N) is 2. The van der Waals surface area contributed by atoms with Crippen LogP contribution in [0.5, 0.6) is 0 Å². The fourth-order valence-corrected chi connectivity index (χ4v) is 0.744. The van der Waals surface area contributed by atoms with Crippen molar-refractivity contribution in [3.05, 3.63) is 0 Å². The molecule has 0 saturated carbocycles. The van der Waals surface area contributed by atoms with Gasteiger partial charge in [-0.3, -0.25) is 0 Å². The molecule has 0 heterocycles. The van der Waals surface area contributed by atoms with Gasteiger partial charge in [0.25, 0.3) is 0 Å². The minimum absolute atomic E-state index is 0.375. The molecule has 0 aliphatic heterocycles. The molecule has 0 bridgehead atoms. The highest BCUT2D eigenvalue weighted by atomic mass is 14.6. The van der Waals surface area contributed by atoms with Crippen LogP contribution in [0, 0.1) is 5.92 Å². The SMILES string of the molecule is CC.CC(C)C[C@H](C)N.CN. The van der Waals surface area contributed by atoms with E-state index in [9.17, 15) is 0 Å². The first-order chi connectivity index (χ1) is 5.13. The molecular formula is C9H26N2. The van der Waals surface area contributed by atoms with Gasteiger partial charge in [-0.1, -0.05) is 27.7 Å². The highest BCUT2D eigenvalue weighted by molar-refractivity contribution is 4.54. The van der Waals surface area contributed by atoms with E-state index in [4.69, 9.17) is 5.73 Å². The molecule has 0 aromatic carbocycles. The first-order valence-corrected chi connectivity index (χ1v) is 4.46. The highest BCUT2D eigenvalue weighted by Gasteiger charge is 1.95. The molecule has 2 heteroatoms. The van der Waals surface area contributed by atoms with Crippen LogP contribution >= 0.6 is 0 Å². The van der Waals surface area contributed by atoms with Crippen LogP contribution in [0.2, 0.25) is 0 Å². The number of hydrogen-bond acceptors (Lipinski definition) is 2. The lowest BCUT2D eigenvalue weighted by molar-refractivity contribution is 0.520. The van der Waals surface area contributed by atoms with Crippen LogP contribution in [0.15, 0.2) is 0 Å². The molecule has 0 spiro atoms. The molecule has 0 rings (SSSR count). The Morgan fingerprint density at radius 2 is 1.27 bits per heavy atom. The second-order valence-corrected chi connectivity index (χ2v) is 2.61. The minimum Gasteiger partial charge on any atom is -0.333 e. The largest absolute Gasteiger partial charge is 0.333 e. The van der Waals surface area contributed by atoms with E-state index in [1.54, 1.807) is 0 Å². The Labute approximate surface area is 72.4 Å². The van der Waals surface area contributed by atoms with Crippen LogP contribution in [0.25, 0.3) is 0 Å². The van der Waals surface area contributed by atoms with Crippen molar-refractivity contribution >= 4 is 0 Å². The molecular weight excluding hydrogens is 136 g/mol. The van der Waals surface area contributed by atoms with E-state index in [-0.39, 0.29) is 0 Å². The van der Waals surface area contributed by atoms with Crippen molar-refractivity contribution < 1.29 is 0 Å². The molecule has 0 aromatic rings. The van der Waals surface area contributed by atoms with E-state index in [1.165, 1.54) is 7.05 Å². The molecule has 0 saturated heterocycles. The number of hydrogen-bond donors (Lipinski definition) is 2. The summed E-state index contributed by atoms with van der Waals surface area (Å²) in [5.74, 6) is 0.750. The van der Waals surface area contributed by atoms with Gasteiger partial charge in [-0.15, -0.1) is 0 Å². The topological polar surface area (TPSA) is 52.0 Å². The summed E-state index contributed by atoms with van der Waals surface area (Å²) in [7, 11) is 1.50. The van der Waals surface area contributed by atoms with Crippen molar-refractivity contribution in [2.45, 2.75) is 47.1 Å². The highest BCUT2D eigenvalue weighted by Crippen LogP contribution is 2.00. The molecule has 0 aliphatic rings. The van der Waals surface area contributed by atoms with E-state index in [0.29, 0.717) is 6.04 Å². The molecule has 4 N–H and O–H groups in total. The second-order valence-electron chi connectivity index (χ2n) is 2.61. The predicted molar refractivity (Wildman–Crippen MR) is 54.6 cm³/mol. The predicted octanol–water partition coefficient (Wildman–Crippen LogP) is 1.98. The van der Waals surface area contributed by atoms with Crippen LogP contribution in [-0.4, -0.2) is 13.1 Å². The standard InChI is InChI=1S/C6H15N.C2H6.CH5N/c1-5(2)4-6(3)7;2*1-2/h5-6H,4,7H2,1-3H3;1-2H3;2H2,1H3/t6-;;/m0../s1. The third-order valence-corrected chi connectivity index (χ3v) is 0.843. The first kappa shape index (κ1) is 17.1. The summed E-state index contributed by atoms with van der Waals surface area (Å²) in [5, 5.41) is 0. The lowest BCUT2D eigenvalue weighted by Crippen LogP contribution is -2.16. The zero-order chi connectivity index (χ0) is 9.86. The minimum atomic E-state index is 0.375. The van der Waals surface area contributed by atoms with E-state index in [0.717, 1.165) is 12.3 Å². The maximum Gasteiger partial charge on any atom is 0.00129 e. The average molecular weight is 162 g/mol. The van der Waals surface area contributed by atoms with Gasteiger partial charge in [0.2, 0.25) is 0 Å². The van der Waals surface area contributed by atoms with Crippen LogP contribution in [-0.2, 0) is 0 Å². The van der Waals surface area contributed by atoms with Crippen molar-refractivity contribution in [1.29, 1.82) is 0 Å². The zero-order valence-corrected chi connectivity index (χ0v) is 9.02. The van der Waals surface area contributed by atoms with Gasteiger partial charge in [0.1, 0.15) is 0 Å². The summed E-state index contributed by atoms with van der Waals surface area (Å²) < 4.78 is 0. The van der Waals surface area contributed by atoms with E-state index in [1.807, 2.05) is 20.8 Å². The molecule has 1 atom stereocenters. The van der Waals surface area contributed by atoms with Gasteiger partial charge in [-0.2, -0.15) is 0 Å². The molecule has 2 nitrogen and oxygen atoms in total. The Kier molecular flexibility index (Phi) is 25.7. The van der Waals surface area contributed by atoms with Crippen molar-refractivity contribution in [1.82, 2.24) is 0 Å². The van der Waals surface area contributed by atoms with Crippen LogP contribution in [0.3, 0.4) is 0 Å². The van der Waals surface area contributed by atoms with E-state index < -0.39 is 0 Å². The molecule has 72 valence electrons. The second kappa shape index (κ2) is 16.5. The monoisotopic (exact) mass is 162 g/mol. The van der Waals surface area contributed by atoms with Crippen molar-refractivity contribution in [2.24, 2.45) is 17.4 Å². The maximum atomic E-state index is 5.49. The third-order valence-electron chi connectivity index (χ3n) is 0.843. The summed E-state index contributed by atoms with van der Waals surface area (Å²) in [4.78, 5) is 0. The first-order valence-electron chi connectivity index (χ1n) is 4.46. The van der Waals surface area contributed by atoms with Gasteiger partial charge in [-0.25, -0.2) is 0 Å². The quantitative estimate of drug-likeness (QED) is 0.652. The van der Waals surface area contributed by atoms with E-state index in [2.05, 4.69) is 19.6 Å². The molecule has 0 aromatic heterocycles. The Balaban J connectivity index is -0.000000138. The molecule has 0 aliphatic carbocycles. The maximum absolute atomic E-state index is 5.49. The van der Waals surface area contributed by atoms with Gasteiger partial charge in [0.15, 0.2) is 0 Å². The van der Waals surface area contributed by atoms with Gasteiger partial charge in [-0.05, 0) is 26.3 Å².